The van der Waals surface area contributed by atoms with Gasteiger partial charge in [0.15, 0.2) is 5.82 Å². The number of nitrogens with zero attached hydrogens (tertiary/aromatic N) is 4. The van der Waals surface area contributed by atoms with Gasteiger partial charge in [0.05, 0.1) is 24.4 Å². The molecule has 0 amide bonds. The van der Waals surface area contributed by atoms with E-state index in [-0.39, 0.29) is 0 Å². The van der Waals surface area contributed by atoms with Crippen LogP contribution in [0, 0.1) is 0 Å². The Hall–Kier alpha value is -3.03. The van der Waals surface area contributed by atoms with Crippen LogP contribution in [-0.4, -0.2) is 54.3 Å². The minimum atomic E-state index is 0.748. The maximum absolute atomic E-state index is 5.45. The fourth-order valence-electron chi connectivity index (χ4n) is 3.76. The van der Waals surface area contributed by atoms with Gasteiger partial charge in [0.25, 0.3) is 0 Å². The zero-order valence-corrected chi connectivity index (χ0v) is 16.3. The smallest absolute Gasteiger partial charge is 0.159 e. The van der Waals surface area contributed by atoms with Crippen LogP contribution in [0.1, 0.15) is 6.42 Å². The second-order valence-corrected chi connectivity index (χ2v) is 7.25. The van der Waals surface area contributed by atoms with Crippen LogP contribution in [0.2, 0.25) is 0 Å². The molecule has 0 bridgehead atoms. The van der Waals surface area contributed by atoms with Gasteiger partial charge in [-0.15, -0.1) is 0 Å². The highest BCUT2D eigenvalue weighted by atomic mass is 16.5. The standard InChI is InChI=1S/C22H24N6O/c1-2-17(15-23-7-1)26-22-21-20(24-8-9-25-21)14-19(27-22)16-3-5-18(6-4-16)28-10-12-29-13-11-28/h2-6,8-9,14,23H,1,7,10-13,15H2,(H,26,27). The second-order valence-electron chi connectivity index (χ2n) is 7.25. The molecule has 4 heterocycles. The molecule has 7 nitrogen and oxygen atoms in total. The number of ether oxygens (including phenoxy) is 1. The van der Waals surface area contributed by atoms with Gasteiger partial charge in [-0.25, -0.2) is 9.97 Å². The van der Waals surface area contributed by atoms with Crippen LogP contribution in [0.4, 0.5) is 11.5 Å². The Labute approximate surface area is 169 Å². The summed E-state index contributed by atoms with van der Waals surface area (Å²) >= 11 is 0. The molecule has 0 spiro atoms. The third kappa shape index (κ3) is 3.92. The first-order chi connectivity index (χ1) is 14.4. The van der Waals surface area contributed by atoms with Crippen molar-refractivity contribution in [3.05, 3.63) is 54.5 Å². The molecule has 3 aromatic rings. The van der Waals surface area contributed by atoms with E-state index in [1.807, 2.05) is 6.07 Å². The number of benzene rings is 1. The average molecular weight is 388 g/mol. The van der Waals surface area contributed by atoms with Crippen molar-refractivity contribution in [3.63, 3.8) is 0 Å². The number of aromatic nitrogens is 3. The van der Waals surface area contributed by atoms with Crippen LogP contribution < -0.4 is 15.5 Å². The Morgan fingerprint density at radius 2 is 1.86 bits per heavy atom. The molecule has 7 heteroatoms. The Bertz CT molecular complexity index is 1030. The summed E-state index contributed by atoms with van der Waals surface area (Å²) in [5.41, 5.74) is 5.91. The fourth-order valence-corrected chi connectivity index (χ4v) is 3.76. The molecule has 5 rings (SSSR count). The highest BCUT2D eigenvalue weighted by Crippen LogP contribution is 2.28. The molecule has 0 unspecified atom stereocenters. The van der Waals surface area contributed by atoms with Crippen molar-refractivity contribution in [3.8, 4) is 11.3 Å². The predicted octanol–water partition coefficient (Wildman–Crippen LogP) is 2.82. The lowest BCUT2D eigenvalue weighted by Crippen LogP contribution is -2.36. The Morgan fingerprint density at radius 1 is 1.03 bits per heavy atom. The number of morpholine rings is 1. The van der Waals surface area contributed by atoms with Crippen LogP contribution in [0.25, 0.3) is 22.3 Å². The zero-order chi connectivity index (χ0) is 19.5. The van der Waals surface area contributed by atoms with Crippen molar-refractivity contribution in [1.82, 2.24) is 20.3 Å². The first-order valence-corrected chi connectivity index (χ1v) is 10.1. The van der Waals surface area contributed by atoms with Gasteiger partial charge in [-0.3, -0.25) is 4.98 Å². The summed E-state index contributed by atoms with van der Waals surface area (Å²) in [5.74, 6) is 0.748. The van der Waals surface area contributed by atoms with Crippen molar-refractivity contribution in [2.45, 2.75) is 6.42 Å². The summed E-state index contributed by atoms with van der Waals surface area (Å²) in [7, 11) is 0. The van der Waals surface area contributed by atoms with Crippen molar-refractivity contribution in [2.75, 3.05) is 49.6 Å². The molecular formula is C22H24N6O. The van der Waals surface area contributed by atoms with E-state index in [1.54, 1.807) is 12.4 Å². The van der Waals surface area contributed by atoms with E-state index < -0.39 is 0 Å². The molecule has 2 N–H and O–H groups in total. The highest BCUT2D eigenvalue weighted by molar-refractivity contribution is 5.89. The molecule has 0 radical (unpaired) electrons. The number of rotatable bonds is 4. The molecule has 29 heavy (non-hydrogen) atoms. The van der Waals surface area contributed by atoms with Crippen molar-refractivity contribution in [1.29, 1.82) is 0 Å². The summed E-state index contributed by atoms with van der Waals surface area (Å²) in [6.45, 7) is 5.25. The average Bonchev–Trinajstić information content (AvgIpc) is 2.80. The van der Waals surface area contributed by atoms with Gasteiger partial charge in [-0.1, -0.05) is 18.2 Å². The van der Waals surface area contributed by atoms with E-state index in [2.05, 4.69) is 55.8 Å². The number of hydrogen-bond acceptors (Lipinski definition) is 7. The molecule has 1 fully saturated rings. The van der Waals surface area contributed by atoms with E-state index in [0.29, 0.717) is 0 Å². The maximum atomic E-state index is 5.45. The van der Waals surface area contributed by atoms with E-state index in [9.17, 15) is 0 Å². The van der Waals surface area contributed by atoms with Crippen LogP contribution >= 0.6 is 0 Å². The van der Waals surface area contributed by atoms with Crippen LogP contribution in [0.15, 0.2) is 54.5 Å². The normalized spacial score (nSPS) is 17.2. The summed E-state index contributed by atoms with van der Waals surface area (Å²) in [5, 5.41) is 6.84. The van der Waals surface area contributed by atoms with Gasteiger partial charge < -0.3 is 20.3 Å². The van der Waals surface area contributed by atoms with Crippen molar-refractivity contribution in [2.24, 2.45) is 0 Å². The molecule has 2 aromatic heterocycles. The van der Waals surface area contributed by atoms with Crippen molar-refractivity contribution >= 4 is 22.5 Å². The van der Waals surface area contributed by atoms with Gasteiger partial charge in [0, 0.05) is 49.0 Å². The maximum Gasteiger partial charge on any atom is 0.159 e. The summed E-state index contributed by atoms with van der Waals surface area (Å²) in [6.07, 6.45) is 6.65. The van der Waals surface area contributed by atoms with Crippen LogP contribution in [0.5, 0.6) is 0 Å². The SMILES string of the molecule is C1=C(Nc2nc(-c3ccc(N4CCOCC4)cc3)cc3nccnc23)CNCC1. The number of anilines is 2. The second kappa shape index (κ2) is 8.14. The van der Waals surface area contributed by atoms with Crippen LogP contribution in [-0.2, 0) is 4.74 Å². The van der Waals surface area contributed by atoms with E-state index in [0.717, 1.165) is 79.6 Å². The minimum Gasteiger partial charge on any atom is -0.378 e. The minimum absolute atomic E-state index is 0.748. The van der Waals surface area contributed by atoms with Gasteiger partial charge in [-0.2, -0.15) is 0 Å². The van der Waals surface area contributed by atoms with E-state index in [4.69, 9.17) is 9.72 Å². The van der Waals surface area contributed by atoms with Gasteiger partial charge in [0.1, 0.15) is 5.52 Å². The van der Waals surface area contributed by atoms with Gasteiger partial charge in [0.2, 0.25) is 0 Å². The molecule has 0 atom stereocenters. The zero-order valence-electron chi connectivity index (χ0n) is 16.3. The first-order valence-electron chi connectivity index (χ1n) is 10.1. The third-order valence-corrected chi connectivity index (χ3v) is 5.30. The first kappa shape index (κ1) is 18.0. The molecule has 2 aliphatic heterocycles. The Balaban J connectivity index is 1.48. The molecular weight excluding hydrogens is 364 g/mol. The van der Waals surface area contributed by atoms with Crippen molar-refractivity contribution < 1.29 is 4.74 Å². The molecule has 2 aliphatic rings. The van der Waals surface area contributed by atoms with Gasteiger partial charge >= 0.3 is 0 Å². The lowest BCUT2D eigenvalue weighted by Gasteiger charge is -2.28. The Morgan fingerprint density at radius 3 is 2.66 bits per heavy atom. The predicted molar refractivity (Wildman–Crippen MR) is 115 cm³/mol. The number of pyridine rings is 1. The van der Waals surface area contributed by atoms with Gasteiger partial charge in [-0.05, 0) is 31.2 Å². The number of fused-ring (bicyclic) bond motifs is 1. The molecule has 0 saturated carbocycles. The topological polar surface area (TPSA) is 75.2 Å². The van der Waals surface area contributed by atoms with E-state index >= 15 is 0 Å². The van der Waals surface area contributed by atoms with Crippen LogP contribution in [0.3, 0.4) is 0 Å². The third-order valence-electron chi connectivity index (χ3n) is 5.30. The number of nitrogens with one attached hydrogen (secondary N) is 2. The summed E-state index contributed by atoms with van der Waals surface area (Å²) < 4.78 is 5.45. The van der Waals surface area contributed by atoms with E-state index in [1.165, 1.54) is 5.69 Å². The number of hydrogen-bond donors (Lipinski definition) is 2. The molecule has 1 saturated heterocycles. The molecule has 148 valence electrons. The monoisotopic (exact) mass is 388 g/mol. The lowest BCUT2D eigenvalue weighted by molar-refractivity contribution is 0.122. The molecule has 0 aliphatic carbocycles. The largest absolute Gasteiger partial charge is 0.378 e. The Kier molecular flexibility index (Phi) is 5.06. The lowest BCUT2D eigenvalue weighted by atomic mass is 10.1. The quantitative estimate of drug-likeness (QED) is 0.712. The summed E-state index contributed by atoms with van der Waals surface area (Å²) in [4.78, 5) is 16.3. The molecule has 1 aromatic carbocycles. The summed E-state index contributed by atoms with van der Waals surface area (Å²) in [6, 6.07) is 10.6. The fraction of sp³-hybridized carbons (Fsp3) is 0.318. The highest BCUT2D eigenvalue weighted by Gasteiger charge is 2.14.